The van der Waals surface area contributed by atoms with Gasteiger partial charge in [-0.3, -0.25) is 4.79 Å². The van der Waals surface area contributed by atoms with Crippen molar-refractivity contribution in [1.29, 1.82) is 0 Å². The van der Waals surface area contributed by atoms with Crippen LogP contribution in [0.25, 0.3) is 11.1 Å². The first-order valence-corrected chi connectivity index (χ1v) is 11.2. The van der Waals surface area contributed by atoms with Gasteiger partial charge in [0, 0.05) is 25.0 Å². The third-order valence-electron chi connectivity index (χ3n) is 6.35. The van der Waals surface area contributed by atoms with Crippen LogP contribution >= 0.6 is 0 Å². The molecule has 2 aromatic rings. The van der Waals surface area contributed by atoms with Crippen LogP contribution in [-0.4, -0.2) is 55.0 Å². The van der Waals surface area contributed by atoms with Crippen LogP contribution in [0.4, 0.5) is 4.79 Å². The van der Waals surface area contributed by atoms with Crippen molar-refractivity contribution < 1.29 is 29.0 Å². The first-order valence-electron chi connectivity index (χ1n) is 11.2. The summed E-state index contributed by atoms with van der Waals surface area (Å²) in [5, 5.41) is 14.4. The van der Waals surface area contributed by atoms with Gasteiger partial charge < -0.3 is 25.2 Å². The molecule has 1 heterocycles. The van der Waals surface area contributed by atoms with Crippen molar-refractivity contribution >= 4 is 18.0 Å². The Morgan fingerprint density at radius 2 is 1.73 bits per heavy atom. The normalized spacial score (nSPS) is 19.9. The summed E-state index contributed by atoms with van der Waals surface area (Å²) in [5.41, 5.74) is 4.59. The molecule has 0 bridgehead atoms. The molecule has 4 rings (SSSR count). The van der Waals surface area contributed by atoms with Gasteiger partial charge in [-0.1, -0.05) is 55.5 Å². The molecular formula is C25H28N2O6. The number of hydrogen-bond donors (Lipinski definition) is 3. The van der Waals surface area contributed by atoms with Crippen LogP contribution < -0.4 is 10.6 Å². The maximum absolute atomic E-state index is 12.5. The average Bonchev–Trinajstić information content (AvgIpc) is 3.42. The maximum Gasteiger partial charge on any atom is 0.407 e. The molecule has 2 amide bonds. The quantitative estimate of drug-likeness (QED) is 0.568. The van der Waals surface area contributed by atoms with E-state index < -0.39 is 30.1 Å². The van der Waals surface area contributed by atoms with Crippen molar-refractivity contribution in [3.05, 3.63) is 59.7 Å². The number of carboxylic acid groups (broad SMARTS) is 1. The summed E-state index contributed by atoms with van der Waals surface area (Å²) in [6, 6.07) is 15.3. The van der Waals surface area contributed by atoms with Crippen molar-refractivity contribution in [2.75, 3.05) is 19.8 Å². The molecule has 3 unspecified atom stereocenters. The number of fused-ring (bicyclic) bond motifs is 3. The fraction of sp³-hybridized carbons (Fsp3) is 0.400. The first-order chi connectivity index (χ1) is 16.0. The number of nitrogens with one attached hydrogen (secondary N) is 2. The average molecular weight is 453 g/mol. The van der Waals surface area contributed by atoms with Crippen molar-refractivity contribution in [3.63, 3.8) is 0 Å². The summed E-state index contributed by atoms with van der Waals surface area (Å²) < 4.78 is 11.0. The monoisotopic (exact) mass is 452 g/mol. The van der Waals surface area contributed by atoms with Crippen LogP contribution in [0.15, 0.2) is 48.5 Å². The molecule has 174 valence electrons. The Balaban J connectivity index is 1.31. The molecule has 0 aromatic heterocycles. The second kappa shape index (κ2) is 10.0. The number of amides is 2. The number of alkyl carbamates (subject to hydrolysis) is 1. The third kappa shape index (κ3) is 4.85. The zero-order valence-corrected chi connectivity index (χ0v) is 18.5. The number of hydrogen-bond acceptors (Lipinski definition) is 5. The van der Waals surface area contributed by atoms with Crippen molar-refractivity contribution in [1.82, 2.24) is 10.6 Å². The van der Waals surface area contributed by atoms with E-state index in [1.807, 2.05) is 24.3 Å². The van der Waals surface area contributed by atoms with Crippen LogP contribution in [0.3, 0.4) is 0 Å². The zero-order chi connectivity index (χ0) is 23.4. The van der Waals surface area contributed by atoms with Crippen molar-refractivity contribution in [2.45, 2.75) is 37.8 Å². The fourth-order valence-electron chi connectivity index (χ4n) is 4.59. The highest BCUT2D eigenvalue weighted by Crippen LogP contribution is 2.44. The highest BCUT2D eigenvalue weighted by Gasteiger charge is 2.36. The van der Waals surface area contributed by atoms with Gasteiger partial charge in [0.1, 0.15) is 18.8 Å². The summed E-state index contributed by atoms with van der Waals surface area (Å²) in [6.45, 7) is 2.48. The van der Waals surface area contributed by atoms with Crippen LogP contribution in [-0.2, 0) is 19.1 Å². The molecular weight excluding hydrogens is 424 g/mol. The van der Waals surface area contributed by atoms with Crippen molar-refractivity contribution in [2.24, 2.45) is 5.92 Å². The topological polar surface area (TPSA) is 114 Å². The summed E-state index contributed by atoms with van der Waals surface area (Å²) >= 11 is 0. The van der Waals surface area contributed by atoms with E-state index in [1.54, 1.807) is 6.92 Å². The second-order valence-electron chi connectivity index (χ2n) is 8.35. The fourth-order valence-corrected chi connectivity index (χ4v) is 4.59. The Kier molecular flexibility index (Phi) is 6.93. The van der Waals surface area contributed by atoms with Gasteiger partial charge in [-0.15, -0.1) is 0 Å². The second-order valence-corrected chi connectivity index (χ2v) is 8.35. The molecule has 3 N–H and O–H groups in total. The molecule has 2 aliphatic rings. The van der Waals surface area contributed by atoms with E-state index in [0.29, 0.717) is 13.0 Å². The van der Waals surface area contributed by atoms with E-state index in [1.165, 1.54) is 0 Å². The van der Waals surface area contributed by atoms with Gasteiger partial charge in [0.15, 0.2) is 0 Å². The predicted molar refractivity (Wildman–Crippen MR) is 121 cm³/mol. The Bertz CT molecular complexity index is 994. The Morgan fingerprint density at radius 1 is 1.09 bits per heavy atom. The standard InChI is InChI=1S/C25H28N2O6/c1-2-21(24(29)30)27-23(28)22-15(11-12-32-22)13-26-25(31)33-14-20-18-9-5-3-7-16(18)17-8-4-6-10-19(17)20/h3-10,15,20-22H,2,11-14H2,1H3,(H,26,31)(H,27,28)(H,29,30). The van der Waals surface area contributed by atoms with E-state index >= 15 is 0 Å². The van der Waals surface area contributed by atoms with Gasteiger partial charge in [0.25, 0.3) is 0 Å². The predicted octanol–water partition coefficient (Wildman–Crippen LogP) is 2.91. The molecule has 2 aromatic carbocycles. The lowest BCUT2D eigenvalue weighted by Gasteiger charge is -2.21. The summed E-state index contributed by atoms with van der Waals surface area (Å²) in [4.78, 5) is 36.1. The molecule has 33 heavy (non-hydrogen) atoms. The van der Waals surface area contributed by atoms with E-state index in [4.69, 9.17) is 14.6 Å². The maximum atomic E-state index is 12.5. The summed E-state index contributed by atoms with van der Waals surface area (Å²) in [5.74, 6) is -1.84. The van der Waals surface area contributed by atoms with Crippen LogP contribution in [0, 0.1) is 5.92 Å². The Hall–Kier alpha value is -3.39. The molecule has 1 fully saturated rings. The molecule has 1 saturated heterocycles. The Morgan fingerprint density at radius 3 is 2.33 bits per heavy atom. The van der Waals surface area contributed by atoms with Gasteiger partial charge in [-0.25, -0.2) is 9.59 Å². The highest BCUT2D eigenvalue weighted by molar-refractivity contribution is 5.86. The molecule has 1 aliphatic heterocycles. The van der Waals surface area contributed by atoms with Crippen molar-refractivity contribution in [3.8, 4) is 11.1 Å². The lowest BCUT2D eigenvalue weighted by Crippen LogP contribution is -2.48. The van der Waals surface area contributed by atoms with Crippen LogP contribution in [0.1, 0.15) is 36.8 Å². The first kappa shape index (κ1) is 22.8. The van der Waals surface area contributed by atoms with Gasteiger partial charge in [-0.05, 0) is 35.1 Å². The van der Waals surface area contributed by atoms with E-state index in [2.05, 4.69) is 34.9 Å². The van der Waals surface area contributed by atoms with Gasteiger partial charge >= 0.3 is 12.1 Å². The largest absolute Gasteiger partial charge is 0.480 e. The van der Waals surface area contributed by atoms with Gasteiger partial charge in [0.05, 0.1) is 0 Å². The number of ether oxygens (including phenoxy) is 2. The van der Waals surface area contributed by atoms with Crippen LogP contribution in [0.5, 0.6) is 0 Å². The number of carbonyl (C=O) groups excluding carboxylic acids is 2. The number of carbonyl (C=O) groups is 3. The van der Waals surface area contributed by atoms with Gasteiger partial charge in [-0.2, -0.15) is 0 Å². The van der Waals surface area contributed by atoms with E-state index in [-0.39, 0.29) is 31.4 Å². The van der Waals surface area contributed by atoms with Crippen LogP contribution in [0.2, 0.25) is 0 Å². The molecule has 8 heteroatoms. The molecule has 0 spiro atoms. The minimum Gasteiger partial charge on any atom is -0.480 e. The SMILES string of the molecule is CCC(NC(=O)C1OCCC1CNC(=O)OCC1c2ccccc2-c2ccccc21)C(=O)O. The number of rotatable bonds is 8. The minimum absolute atomic E-state index is 0.0292. The molecule has 3 atom stereocenters. The molecule has 1 aliphatic carbocycles. The molecule has 0 radical (unpaired) electrons. The number of carboxylic acids is 1. The highest BCUT2D eigenvalue weighted by atomic mass is 16.5. The van der Waals surface area contributed by atoms with E-state index in [0.717, 1.165) is 22.3 Å². The zero-order valence-electron chi connectivity index (χ0n) is 18.5. The smallest absolute Gasteiger partial charge is 0.407 e. The number of aliphatic carboxylic acids is 1. The third-order valence-corrected chi connectivity index (χ3v) is 6.35. The molecule has 0 saturated carbocycles. The lowest BCUT2D eigenvalue weighted by atomic mass is 9.98. The lowest BCUT2D eigenvalue weighted by molar-refractivity contribution is -0.144. The number of benzene rings is 2. The summed E-state index contributed by atoms with van der Waals surface area (Å²) in [7, 11) is 0. The van der Waals surface area contributed by atoms with Gasteiger partial charge in [0.2, 0.25) is 5.91 Å². The summed E-state index contributed by atoms with van der Waals surface area (Å²) in [6.07, 6.45) is -0.491. The Labute approximate surface area is 192 Å². The van der Waals surface area contributed by atoms with E-state index in [9.17, 15) is 14.4 Å². The minimum atomic E-state index is -1.09. The molecule has 8 nitrogen and oxygen atoms in total.